The smallest absolute Gasteiger partial charge is 0.127 e. The number of hydrogen-bond donors (Lipinski definition) is 1. The van der Waals surface area contributed by atoms with Crippen LogP contribution in [0.5, 0.6) is 0 Å². The second kappa shape index (κ2) is 7.16. The van der Waals surface area contributed by atoms with Crippen LogP contribution in [0.25, 0.3) is 5.69 Å². The minimum Gasteiger partial charge on any atom is -0.372 e. The highest BCUT2D eigenvalue weighted by molar-refractivity contribution is 5.66. The van der Waals surface area contributed by atoms with Crippen molar-refractivity contribution in [1.29, 1.82) is 0 Å². The first-order chi connectivity index (χ1) is 14.5. The van der Waals surface area contributed by atoms with Gasteiger partial charge in [-0.05, 0) is 37.1 Å². The second-order valence-electron chi connectivity index (χ2n) is 8.60. The van der Waals surface area contributed by atoms with Crippen LogP contribution in [0.4, 0.5) is 14.5 Å². The number of likely N-dealkylation sites (tertiary alicyclic amines) is 1. The molecule has 1 N–H and O–H groups in total. The summed E-state index contributed by atoms with van der Waals surface area (Å²) in [5.41, 5.74) is 3.42. The molecule has 2 aliphatic heterocycles. The fraction of sp³-hybridized carbons (Fsp3) is 0.391. The summed E-state index contributed by atoms with van der Waals surface area (Å²) in [6.45, 7) is 6.28. The summed E-state index contributed by atoms with van der Waals surface area (Å²) in [4.78, 5) is 11.3. The number of anilines is 1. The normalized spacial score (nSPS) is 17.6. The highest BCUT2D eigenvalue weighted by Crippen LogP contribution is 2.44. The minimum atomic E-state index is -0.399. The predicted octanol–water partition coefficient (Wildman–Crippen LogP) is 4.59. The van der Waals surface area contributed by atoms with Crippen LogP contribution < -0.4 is 5.32 Å². The second-order valence-corrected chi connectivity index (χ2v) is 8.60. The Kier molecular flexibility index (Phi) is 4.58. The number of nitrogens with zero attached hydrogens (tertiary/aromatic N) is 4. The average molecular weight is 409 g/mol. The molecule has 0 amide bonds. The zero-order chi connectivity index (χ0) is 20.9. The van der Waals surface area contributed by atoms with E-state index >= 15 is 0 Å². The summed E-state index contributed by atoms with van der Waals surface area (Å²) in [6.07, 6.45) is 7.39. The zero-order valence-corrected chi connectivity index (χ0v) is 17.2. The van der Waals surface area contributed by atoms with Crippen LogP contribution >= 0.6 is 0 Å². The van der Waals surface area contributed by atoms with Gasteiger partial charge in [-0.2, -0.15) is 0 Å². The first-order valence-corrected chi connectivity index (χ1v) is 10.4. The summed E-state index contributed by atoms with van der Waals surface area (Å²) >= 11 is 0. The molecule has 156 valence electrons. The van der Waals surface area contributed by atoms with Crippen LogP contribution in [0.15, 0.2) is 42.9 Å². The lowest BCUT2D eigenvalue weighted by Gasteiger charge is -2.46. The number of hydrogen-bond acceptors (Lipinski definition) is 4. The monoisotopic (exact) mass is 409 g/mol. The zero-order valence-electron chi connectivity index (χ0n) is 17.2. The third kappa shape index (κ3) is 3.08. The third-order valence-corrected chi connectivity index (χ3v) is 6.32. The van der Waals surface area contributed by atoms with E-state index in [2.05, 4.69) is 33.6 Å². The first-order valence-electron chi connectivity index (χ1n) is 10.4. The Labute approximate surface area is 174 Å². The van der Waals surface area contributed by atoms with Crippen molar-refractivity contribution in [3.05, 3.63) is 71.6 Å². The molecule has 7 heteroatoms. The van der Waals surface area contributed by atoms with Gasteiger partial charge in [-0.15, -0.1) is 0 Å². The molecule has 0 atom stereocenters. The molecule has 2 aliphatic rings. The number of aromatic nitrogens is 3. The Balaban J connectivity index is 1.44. The molecule has 0 bridgehead atoms. The van der Waals surface area contributed by atoms with Gasteiger partial charge in [0, 0.05) is 37.3 Å². The topological polar surface area (TPSA) is 46.0 Å². The van der Waals surface area contributed by atoms with Crippen LogP contribution in [0, 0.1) is 11.6 Å². The van der Waals surface area contributed by atoms with Crippen molar-refractivity contribution in [2.75, 3.05) is 18.4 Å². The molecule has 0 saturated carbocycles. The molecule has 30 heavy (non-hydrogen) atoms. The highest BCUT2D eigenvalue weighted by atomic mass is 19.1. The van der Waals surface area contributed by atoms with Gasteiger partial charge in [-0.25, -0.2) is 13.8 Å². The molecule has 4 heterocycles. The number of pyridine rings is 1. The Bertz CT molecular complexity index is 1080. The number of fused-ring (bicyclic) bond motifs is 4. The first kappa shape index (κ1) is 19.2. The molecule has 1 aromatic carbocycles. The summed E-state index contributed by atoms with van der Waals surface area (Å²) in [6, 6.07) is 5.68. The van der Waals surface area contributed by atoms with Crippen LogP contribution in [0.3, 0.4) is 0 Å². The summed E-state index contributed by atoms with van der Waals surface area (Å²) in [5, 5.41) is 3.76. The minimum absolute atomic E-state index is 0.231. The Morgan fingerprint density at radius 3 is 2.70 bits per heavy atom. The average Bonchev–Trinajstić information content (AvgIpc) is 3.19. The van der Waals surface area contributed by atoms with Crippen molar-refractivity contribution in [3.8, 4) is 5.69 Å². The molecule has 3 aromatic rings. The standard InChI is InChI=1S/C23H25F2N5/c1-15(2)22-27-13-21-23(28-19-5-8-26-12-20(19)30(21)22)6-9-29(10-7-23)14-16-11-17(24)3-4-18(16)25/h3-5,8,11-13,15,28H,6-7,9-10,14H2,1-2H3. The number of benzene rings is 1. The van der Waals surface area contributed by atoms with Crippen molar-refractivity contribution in [2.24, 2.45) is 0 Å². The Morgan fingerprint density at radius 2 is 1.93 bits per heavy atom. The van der Waals surface area contributed by atoms with Crippen LogP contribution in [0.2, 0.25) is 0 Å². The lowest BCUT2D eigenvalue weighted by Crippen LogP contribution is -2.49. The summed E-state index contributed by atoms with van der Waals surface area (Å²) in [7, 11) is 0. The van der Waals surface area contributed by atoms with E-state index in [1.54, 1.807) is 6.20 Å². The molecule has 5 rings (SSSR count). The molecule has 1 fully saturated rings. The Hall–Kier alpha value is -2.80. The number of imidazole rings is 1. The van der Waals surface area contributed by atoms with Crippen molar-refractivity contribution in [2.45, 2.75) is 44.7 Å². The molecule has 0 unspecified atom stereocenters. The van der Waals surface area contributed by atoms with Crippen LogP contribution in [-0.2, 0) is 12.1 Å². The van der Waals surface area contributed by atoms with E-state index < -0.39 is 5.82 Å². The lowest BCUT2D eigenvalue weighted by atomic mass is 9.82. The largest absolute Gasteiger partial charge is 0.372 e. The number of rotatable bonds is 3. The maximum atomic E-state index is 14.1. The molecule has 5 nitrogen and oxygen atoms in total. The van der Waals surface area contributed by atoms with E-state index in [4.69, 9.17) is 4.98 Å². The van der Waals surface area contributed by atoms with E-state index in [-0.39, 0.29) is 17.3 Å². The third-order valence-electron chi connectivity index (χ3n) is 6.32. The molecular formula is C23H25F2N5. The van der Waals surface area contributed by atoms with Gasteiger partial charge in [0.25, 0.3) is 0 Å². The SMILES string of the molecule is CC(C)c1ncc2n1-c1cnccc1NC21CCN(Cc2cc(F)ccc2F)CC1. The number of piperidine rings is 1. The number of nitrogens with one attached hydrogen (secondary N) is 1. The van der Waals surface area contributed by atoms with E-state index in [0.29, 0.717) is 12.1 Å². The van der Waals surface area contributed by atoms with Crippen LogP contribution in [0.1, 0.15) is 49.7 Å². The maximum absolute atomic E-state index is 14.1. The van der Waals surface area contributed by atoms with Crippen molar-refractivity contribution in [1.82, 2.24) is 19.4 Å². The van der Waals surface area contributed by atoms with E-state index in [0.717, 1.165) is 54.9 Å². The molecular weight excluding hydrogens is 384 g/mol. The van der Waals surface area contributed by atoms with Crippen molar-refractivity contribution >= 4 is 5.69 Å². The quantitative estimate of drug-likeness (QED) is 0.688. The van der Waals surface area contributed by atoms with Gasteiger partial charge < -0.3 is 5.32 Å². The van der Waals surface area contributed by atoms with E-state index in [9.17, 15) is 8.78 Å². The molecule has 2 aromatic heterocycles. The van der Waals surface area contributed by atoms with Gasteiger partial charge in [0.2, 0.25) is 0 Å². The van der Waals surface area contributed by atoms with Gasteiger partial charge in [0.15, 0.2) is 0 Å². The molecule has 1 saturated heterocycles. The van der Waals surface area contributed by atoms with Crippen molar-refractivity contribution in [3.63, 3.8) is 0 Å². The van der Waals surface area contributed by atoms with Crippen molar-refractivity contribution < 1.29 is 8.78 Å². The van der Waals surface area contributed by atoms with E-state index in [1.807, 2.05) is 18.5 Å². The highest BCUT2D eigenvalue weighted by Gasteiger charge is 2.43. The Morgan fingerprint density at radius 1 is 1.13 bits per heavy atom. The fourth-order valence-corrected chi connectivity index (χ4v) is 4.74. The summed E-state index contributed by atoms with van der Waals surface area (Å²) < 4.78 is 29.9. The van der Waals surface area contributed by atoms with Gasteiger partial charge in [-0.3, -0.25) is 14.5 Å². The van der Waals surface area contributed by atoms with Gasteiger partial charge in [-0.1, -0.05) is 13.8 Å². The number of halogens is 2. The molecule has 0 aliphatic carbocycles. The molecule has 1 spiro atoms. The van der Waals surface area contributed by atoms with Crippen LogP contribution in [-0.4, -0.2) is 32.5 Å². The van der Waals surface area contributed by atoms with Gasteiger partial charge >= 0.3 is 0 Å². The van der Waals surface area contributed by atoms with E-state index in [1.165, 1.54) is 12.1 Å². The summed E-state index contributed by atoms with van der Waals surface area (Å²) in [5.74, 6) is 0.570. The van der Waals surface area contributed by atoms with Gasteiger partial charge in [0.1, 0.15) is 17.5 Å². The lowest BCUT2D eigenvalue weighted by molar-refractivity contribution is 0.160. The predicted molar refractivity (Wildman–Crippen MR) is 112 cm³/mol. The molecule has 0 radical (unpaired) electrons. The van der Waals surface area contributed by atoms with Gasteiger partial charge in [0.05, 0.1) is 35.0 Å². The fourth-order valence-electron chi connectivity index (χ4n) is 4.74. The maximum Gasteiger partial charge on any atom is 0.127 e.